The normalized spacial score (nSPS) is 33.2. The van der Waals surface area contributed by atoms with Gasteiger partial charge in [-0.05, 0) is 24.3 Å². The number of amides is 1. The predicted molar refractivity (Wildman–Crippen MR) is 63.1 cm³/mol. The summed E-state index contributed by atoms with van der Waals surface area (Å²) in [7, 11) is 0. The van der Waals surface area contributed by atoms with Gasteiger partial charge >= 0.3 is 0 Å². The molecule has 1 amide bonds. The van der Waals surface area contributed by atoms with Gasteiger partial charge in [0, 0.05) is 18.4 Å². The first-order chi connectivity index (χ1) is 7.84. The van der Waals surface area contributed by atoms with Crippen LogP contribution in [0.5, 0.6) is 0 Å². The third kappa shape index (κ3) is 1.62. The first-order valence-corrected chi connectivity index (χ1v) is 6.19. The predicted octanol–water partition coefficient (Wildman–Crippen LogP) is 2.46. The molecule has 0 spiro atoms. The molecule has 2 fully saturated rings. The van der Waals surface area contributed by atoms with Crippen LogP contribution in [0.25, 0.3) is 0 Å². The lowest BCUT2D eigenvalue weighted by atomic mass is 9.75. The molecule has 1 heterocycles. The summed E-state index contributed by atoms with van der Waals surface area (Å²) in [5.41, 5.74) is 1.39. The molecule has 1 N–H and O–H groups in total. The number of hydrogen-bond acceptors (Lipinski definition) is 1. The molecule has 3 atom stereocenters. The molecule has 1 aliphatic heterocycles. The second-order valence-electron chi connectivity index (χ2n) is 5.01. The van der Waals surface area contributed by atoms with Gasteiger partial charge in [0.15, 0.2) is 0 Å². The van der Waals surface area contributed by atoms with Crippen molar-refractivity contribution in [2.45, 2.75) is 37.6 Å². The summed E-state index contributed by atoms with van der Waals surface area (Å²) in [6.45, 7) is 0. The lowest BCUT2D eigenvalue weighted by molar-refractivity contribution is -0.119. The molecule has 2 nitrogen and oxygen atoms in total. The molecule has 1 aliphatic carbocycles. The van der Waals surface area contributed by atoms with Crippen molar-refractivity contribution < 1.29 is 4.79 Å². The molecule has 1 saturated carbocycles. The van der Waals surface area contributed by atoms with Gasteiger partial charge < -0.3 is 5.32 Å². The van der Waals surface area contributed by atoms with E-state index in [0.717, 1.165) is 6.42 Å². The summed E-state index contributed by atoms with van der Waals surface area (Å²) in [6.07, 6.45) is 4.43. The molecule has 2 aliphatic rings. The second-order valence-corrected chi connectivity index (χ2v) is 5.01. The maximum atomic E-state index is 11.5. The minimum absolute atomic E-state index is 0.248. The van der Waals surface area contributed by atoms with Crippen LogP contribution in [0, 0.1) is 5.92 Å². The van der Waals surface area contributed by atoms with Crippen molar-refractivity contribution in [3.63, 3.8) is 0 Å². The minimum atomic E-state index is 0.248. The average Bonchev–Trinajstić information content (AvgIpc) is 2.70. The van der Waals surface area contributed by atoms with Crippen molar-refractivity contribution in [2.24, 2.45) is 5.92 Å². The molecule has 16 heavy (non-hydrogen) atoms. The van der Waals surface area contributed by atoms with Gasteiger partial charge in [-0.15, -0.1) is 0 Å². The molecule has 0 bridgehead atoms. The SMILES string of the molecule is O=C1C[C@H]2CCC[C@@H](c3ccccc3)[C@@H]2N1. The Balaban J connectivity index is 1.87. The van der Waals surface area contributed by atoms with Crippen molar-refractivity contribution in [3.8, 4) is 0 Å². The van der Waals surface area contributed by atoms with Crippen molar-refractivity contribution in [1.29, 1.82) is 0 Å². The second kappa shape index (κ2) is 3.93. The Labute approximate surface area is 96.1 Å². The molecular weight excluding hydrogens is 198 g/mol. The third-order valence-electron chi connectivity index (χ3n) is 4.03. The van der Waals surface area contributed by atoms with Crippen LogP contribution >= 0.6 is 0 Å². The van der Waals surface area contributed by atoms with Crippen LogP contribution in [0.4, 0.5) is 0 Å². The lowest BCUT2D eigenvalue weighted by Crippen LogP contribution is -2.37. The van der Waals surface area contributed by atoms with Crippen LogP contribution in [0.2, 0.25) is 0 Å². The maximum Gasteiger partial charge on any atom is 0.220 e. The van der Waals surface area contributed by atoms with E-state index < -0.39 is 0 Å². The van der Waals surface area contributed by atoms with Gasteiger partial charge in [0.2, 0.25) is 5.91 Å². The Hall–Kier alpha value is -1.31. The minimum Gasteiger partial charge on any atom is -0.352 e. The van der Waals surface area contributed by atoms with Gasteiger partial charge in [-0.2, -0.15) is 0 Å². The highest BCUT2D eigenvalue weighted by molar-refractivity contribution is 5.79. The Morgan fingerprint density at radius 2 is 1.94 bits per heavy atom. The standard InChI is InChI=1S/C14H17NO/c16-13-9-11-7-4-8-12(14(11)15-13)10-5-2-1-3-6-10/h1-3,5-6,11-12,14H,4,7-9H2,(H,15,16)/t11-,12+,14-/m1/s1. The zero-order chi connectivity index (χ0) is 11.0. The Kier molecular flexibility index (Phi) is 2.43. The number of benzene rings is 1. The highest BCUT2D eigenvalue weighted by Gasteiger charge is 2.40. The Bertz CT molecular complexity index is 387. The number of hydrogen-bond donors (Lipinski definition) is 1. The van der Waals surface area contributed by atoms with Crippen molar-refractivity contribution in [3.05, 3.63) is 35.9 Å². The van der Waals surface area contributed by atoms with Crippen LogP contribution in [0.1, 0.15) is 37.2 Å². The summed E-state index contributed by atoms with van der Waals surface area (Å²) >= 11 is 0. The summed E-state index contributed by atoms with van der Waals surface area (Å²) in [4.78, 5) is 11.5. The van der Waals surface area contributed by atoms with E-state index in [1.54, 1.807) is 0 Å². The van der Waals surface area contributed by atoms with Crippen LogP contribution < -0.4 is 5.32 Å². The van der Waals surface area contributed by atoms with E-state index in [4.69, 9.17) is 0 Å². The molecular formula is C14H17NO. The fraction of sp³-hybridized carbons (Fsp3) is 0.500. The lowest BCUT2D eigenvalue weighted by Gasteiger charge is -2.33. The molecule has 0 radical (unpaired) electrons. The van der Waals surface area contributed by atoms with E-state index >= 15 is 0 Å². The van der Waals surface area contributed by atoms with Crippen molar-refractivity contribution in [2.75, 3.05) is 0 Å². The molecule has 3 rings (SSSR count). The highest BCUT2D eigenvalue weighted by Crippen LogP contribution is 2.40. The average molecular weight is 215 g/mol. The van der Waals surface area contributed by atoms with E-state index in [9.17, 15) is 4.79 Å². The largest absolute Gasteiger partial charge is 0.352 e. The maximum absolute atomic E-state index is 11.5. The fourth-order valence-electron chi connectivity index (χ4n) is 3.29. The van der Waals surface area contributed by atoms with Gasteiger partial charge in [-0.1, -0.05) is 36.8 Å². The molecule has 0 aromatic heterocycles. The summed E-state index contributed by atoms with van der Waals surface area (Å²) in [5.74, 6) is 1.36. The molecule has 1 aromatic carbocycles. The number of carbonyl (C=O) groups is 1. The monoisotopic (exact) mass is 215 g/mol. The van der Waals surface area contributed by atoms with Gasteiger partial charge in [0.1, 0.15) is 0 Å². The van der Waals surface area contributed by atoms with Gasteiger partial charge in [-0.25, -0.2) is 0 Å². The first-order valence-electron chi connectivity index (χ1n) is 6.19. The van der Waals surface area contributed by atoms with Crippen molar-refractivity contribution in [1.82, 2.24) is 5.32 Å². The Morgan fingerprint density at radius 1 is 1.12 bits per heavy atom. The van der Waals surface area contributed by atoms with Crippen LogP contribution in [0.15, 0.2) is 30.3 Å². The van der Waals surface area contributed by atoms with E-state index in [2.05, 4.69) is 35.6 Å². The summed E-state index contributed by atoms with van der Waals surface area (Å²) in [6, 6.07) is 11.0. The molecule has 0 unspecified atom stereocenters. The topological polar surface area (TPSA) is 29.1 Å². The Morgan fingerprint density at radius 3 is 2.75 bits per heavy atom. The smallest absolute Gasteiger partial charge is 0.220 e. The summed E-state index contributed by atoms with van der Waals surface area (Å²) < 4.78 is 0. The van der Waals surface area contributed by atoms with Gasteiger partial charge in [0.25, 0.3) is 0 Å². The zero-order valence-electron chi connectivity index (χ0n) is 9.36. The first kappa shape index (κ1) is 9.88. The van der Waals surface area contributed by atoms with Gasteiger partial charge in [0.05, 0.1) is 0 Å². The molecule has 1 saturated heterocycles. The summed E-state index contributed by atoms with van der Waals surface area (Å²) in [5, 5.41) is 3.17. The zero-order valence-corrected chi connectivity index (χ0v) is 9.36. The number of fused-ring (bicyclic) bond motifs is 1. The van der Waals surface area contributed by atoms with E-state index in [-0.39, 0.29) is 5.91 Å². The third-order valence-corrected chi connectivity index (χ3v) is 4.03. The van der Waals surface area contributed by atoms with E-state index in [1.165, 1.54) is 24.8 Å². The van der Waals surface area contributed by atoms with E-state index in [0.29, 0.717) is 17.9 Å². The number of nitrogens with one attached hydrogen (secondary N) is 1. The molecule has 84 valence electrons. The van der Waals surface area contributed by atoms with Crippen LogP contribution in [-0.4, -0.2) is 11.9 Å². The van der Waals surface area contributed by atoms with Crippen molar-refractivity contribution >= 4 is 5.91 Å². The van der Waals surface area contributed by atoms with Crippen LogP contribution in [0.3, 0.4) is 0 Å². The molecule has 2 heteroatoms. The fourth-order valence-corrected chi connectivity index (χ4v) is 3.29. The highest BCUT2D eigenvalue weighted by atomic mass is 16.2. The quantitative estimate of drug-likeness (QED) is 0.766. The molecule has 1 aromatic rings. The van der Waals surface area contributed by atoms with Crippen LogP contribution in [-0.2, 0) is 4.79 Å². The number of carbonyl (C=O) groups excluding carboxylic acids is 1. The van der Waals surface area contributed by atoms with E-state index in [1.807, 2.05) is 0 Å². The van der Waals surface area contributed by atoms with Gasteiger partial charge in [-0.3, -0.25) is 4.79 Å². The number of rotatable bonds is 1.